The summed E-state index contributed by atoms with van der Waals surface area (Å²) >= 11 is 0. The van der Waals surface area contributed by atoms with Crippen molar-refractivity contribution in [3.8, 4) is 0 Å². The number of ketones is 2. The fourth-order valence-electron chi connectivity index (χ4n) is 3.14. The molecule has 1 saturated heterocycles. The molecule has 30 heavy (non-hydrogen) atoms. The van der Waals surface area contributed by atoms with Gasteiger partial charge in [0.05, 0.1) is 18.6 Å². The summed E-state index contributed by atoms with van der Waals surface area (Å²) in [6, 6.07) is 8.36. The Balaban J connectivity index is 1.96. The lowest BCUT2D eigenvalue weighted by Crippen LogP contribution is -2.47. The first kappa shape index (κ1) is 23.5. The van der Waals surface area contributed by atoms with Crippen molar-refractivity contribution in [2.45, 2.75) is 45.8 Å². The first-order chi connectivity index (χ1) is 14.4. The zero-order valence-corrected chi connectivity index (χ0v) is 17.5. The lowest BCUT2D eigenvalue weighted by Gasteiger charge is -2.23. The highest BCUT2D eigenvalue weighted by atomic mass is 16.5. The van der Waals surface area contributed by atoms with Gasteiger partial charge in [0.2, 0.25) is 5.78 Å². The summed E-state index contributed by atoms with van der Waals surface area (Å²) in [6.07, 6.45) is 0.594. The topological polar surface area (TPSA) is 111 Å². The second kappa shape index (κ2) is 12.1. The fourth-order valence-corrected chi connectivity index (χ4v) is 3.14. The number of rotatable bonds is 7. The highest BCUT2D eigenvalue weighted by Crippen LogP contribution is 2.14. The van der Waals surface area contributed by atoms with Crippen LogP contribution in [0.1, 0.15) is 38.7 Å². The molecule has 1 aliphatic heterocycles. The van der Waals surface area contributed by atoms with E-state index >= 15 is 0 Å². The number of amides is 2. The van der Waals surface area contributed by atoms with Crippen molar-refractivity contribution < 1.29 is 28.7 Å². The zero-order valence-electron chi connectivity index (χ0n) is 17.5. The Kier molecular flexibility index (Phi) is 9.47. The van der Waals surface area contributed by atoms with Gasteiger partial charge in [0, 0.05) is 19.6 Å². The van der Waals surface area contributed by atoms with E-state index < -0.39 is 29.7 Å². The minimum atomic E-state index is -0.876. The van der Waals surface area contributed by atoms with Gasteiger partial charge in [0.1, 0.15) is 6.61 Å². The van der Waals surface area contributed by atoms with E-state index in [9.17, 15) is 19.2 Å². The normalized spacial score (nSPS) is 19.0. The number of hydrogen-bond acceptors (Lipinski definition) is 6. The molecule has 2 atom stereocenters. The zero-order chi connectivity index (χ0) is 21.9. The van der Waals surface area contributed by atoms with Crippen LogP contribution in [0, 0.1) is 11.8 Å². The maximum absolute atomic E-state index is 12.9. The summed E-state index contributed by atoms with van der Waals surface area (Å²) in [5.41, 5.74) is 0.829. The average Bonchev–Trinajstić information content (AvgIpc) is 2.73. The van der Waals surface area contributed by atoms with Crippen LogP contribution in [-0.2, 0) is 30.5 Å². The Morgan fingerprint density at radius 3 is 2.63 bits per heavy atom. The van der Waals surface area contributed by atoms with E-state index in [1.165, 1.54) is 0 Å². The van der Waals surface area contributed by atoms with Crippen molar-refractivity contribution in [2.24, 2.45) is 11.8 Å². The third-order valence-corrected chi connectivity index (χ3v) is 4.86. The molecule has 2 N–H and O–H groups in total. The van der Waals surface area contributed by atoms with Gasteiger partial charge in [-0.15, -0.1) is 0 Å². The van der Waals surface area contributed by atoms with E-state index in [0.717, 1.165) is 18.4 Å². The number of nitrogens with one attached hydrogen (secondary N) is 2. The van der Waals surface area contributed by atoms with E-state index in [2.05, 4.69) is 10.6 Å². The van der Waals surface area contributed by atoms with Gasteiger partial charge in [0.25, 0.3) is 5.91 Å². The maximum Gasteiger partial charge on any atom is 0.408 e. The lowest BCUT2D eigenvalue weighted by atomic mass is 9.90. The summed E-state index contributed by atoms with van der Waals surface area (Å²) in [6.45, 7) is 4.53. The quantitative estimate of drug-likeness (QED) is 0.656. The number of benzene rings is 1. The molecule has 1 aliphatic rings. The second-order valence-electron chi connectivity index (χ2n) is 7.70. The Bertz CT molecular complexity index is 734. The van der Waals surface area contributed by atoms with Crippen molar-refractivity contribution in [3.63, 3.8) is 0 Å². The van der Waals surface area contributed by atoms with Crippen molar-refractivity contribution in [2.75, 3.05) is 19.8 Å². The second-order valence-corrected chi connectivity index (χ2v) is 7.70. The minimum Gasteiger partial charge on any atom is -0.445 e. The van der Waals surface area contributed by atoms with Gasteiger partial charge in [-0.3, -0.25) is 14.4 Å². The van der Waals surface area contributed by atoms with E-state index in [1.807, 2.05) is 30.3 Å². The monoisotopic (exact) mass is 418 g/mol. The molecule has 0 spiro atoms. The standard InChI is InChI=1S/C22H30N2O6/c1-15(2)19(24-22(28)30-13-16-8-4-3-5-9-16)18(25)12-17-14-29-11-7-6-10-23-21(27)20(17)26/h3-5,8-9,15,17,19H,6-7,10-14H2,1-2H3,(H,23,27)(H,24,28). The highest BCUT2D eigenvalue weighted by molar-refractivity contribution is 6.37. The Morgan fingerprint density at radius 2 is 1.93 bits per heavy atom. The largest absolute Gasteiger partial charge is 0.445 e. The molecule has 2 rings (SSSR count). The first-order valence-corrected chi connectivity index (χ1v) is 10.3. The fraction of sp³-hybridized carbons (Fsp3) is 0.545. The molecule has 1 heterocycles. The summed E-state index contributed by atoms with van der Waals surface area (Å²) < 4.78 is 10.7. The number of Topliss-reactive ketones (excluding diaryl/α,β-unsaturated/α-hetero) is 2. The molecule has 2 unspecified atom stereocenters. The van der Waals surface area contributed by atoms with Gasteiger partial charge in [-0.1, -0.05) is 44.2 Å². The Hall–Kier alpha value is -2.74. The average molecular weight is 418 g/mol. The Labute approximate surface area is 176 Å². The molecule has 0 aromatic heterocycles. The highest BCUT2D eigenvalue weighted by Gasteiger charge is 2.32. The number of ether oxygens (including phenoxy) is 2. The van der Waals surface area contributed by atoms with Crippen LogP contribution in [0.15, 0.2) is 30.3 Å². The van der Waals surface area contributed by atoms with E-state index in [4.69, 9.17) is 9.47 Å². The summed E-state index contributed by atoms with van der Waals surface area (Å²) in [5.74, 6) is -2.80. The van der Waals surface area contributed by atoms with Crippen LogP contribution in [0.25, 0.3) is 0 Å². The Morgan fingerprint density at radius 1 is 1.20 bits per heavy atom. The first-order valence-electron chi connectivity index (χ1n) is 10.3. The molecule has 8 nitrogen and oxygen atoms in total. The third kappa shape index (κ3) is 7.59. The molecule has 2 amide bonds. The van der Waals surface area contributed by atoms with Crippen LogP contribution in [0.4, 0.5) is 4.79 Å². The predicted molar refractivity (Wildman–Crippen MR) is 110 cm³/mol. The third-order valence-electron chi connectivity index (χ3n) is 4.86. The number of carbonyl (C=O) groups is 4. The minimum absolute atomic E-state index is 0.00125. The molecule has 164 valence electrons. The van der Waals surface area contributed by atoms with Crippen molar-refractivity contribution in [1.29, 1.82) is 0 Å². The number of hydrogen-bond donors (Lipinski definition) is 2. The molecular weight excluding hydrogens is 388 g/mol. The lowest BCUT2D eigenvalue weighted by molar-refractivity contribution is -0.143. The summed E-state index contributed by atoms with van der Waals surface area (Å²) in [5, 5.41) is 5.17. The molecule has 0 bridgehead atoms. The maximum atomic E-state index is 12.9. The SMILES string of the molecule is CC(C)C(NC(=O)OCc1ccccc1)C(=O)CC1COCCCCNC(=O)C1=O. The molecule has 1 aromatic carbocycles. The molecular formula is C22H30N2O6. The van der Waals surface area contributed by atoms with E-state index in [1.54, 1.807) is 13.8 Å². The van der Waals surface area contributed by atoms with Crippen LogP contribution < -0.4 is 10.6 Å². The van der Waals surface area contributed by atoms with Crippen LogP contribution >= 0.6 is 0 Å². The van der Waals surface area contributed by atoms with E-state index in [-0.39, 0.29) is 31.3 Å². The van der Waals surface area contributed by atoms with Gasteiger partial charge in [-0.05, 0) is 24.3 Å². The van der Waals surface area contributed by atoms with Crippen molar-refractivity contribution in [1.82, 2.24) is 10.6 Å². The molecule has 0 radical (unpaired) electrons. The number of alkyl carbamates (subject to hydrolysis) is 1. The smallest absolute Gasteiger partial charge is 0.408 e. The molecule has 0 aliphatic carbocycles. The summed E-state index contributed by atoms with van der Waals surface area (Å²) in [4.78, 5) is 49.5. The van der Waals surface area contributed by atoms with Crippen molar-refractivity contribution in [3.05, 3.63) is 35.9 Å². The van der Waals surface area contributed by atoms with Crippen LogP contribution in [0.5, 0.6) is 0 Å². The van der Waals surface area contributed by atoms with Gasteiger partial charge in [0.15, 0.2) is 5.78 Å². The van der Waals surface area contributed by atoms with Crippen LogP contribution in [0.2, 0.25) is 0 Å². The van der Waals surface area contributed by atoms with Gasteiger partial charge in [-0.2, -0.15) is 0 Å². The van der Waals surface area contributed by atoms with Gasteiger partial charge in [-0.25, -0.2) is 4.79 Å². The van der Waals surface area contributed by atoms with Crippen LogP contribution in [-0.4, -0.2) is 49.4 Å². The molecule has 8 heteroatoms. The van der Waals surface area contributed by atoms with Crippen LogP contribution in [0.3, 0.4) is 0 Å². The predicted octanol–water partition coefficient (Wildman–Crippen LogP) is 2.01. The molecule has 1 aromatic rings. The van der Waals surface area contributed by atoms with Gasteiger partial charge < -0.3 is 20.1 Å². The molecule has 1 fully saturated rings. The summed E-state index contributed by atoms with van der Waals surface area (Å²) in [7, 11) is 0. The number of carbonyl (C=O) groups excluding carboxylic acids is 4. The van der Waals surface area contributed by atoms with Gasteiger partial charge >= 0.3 is 6.09 Å². The van der Waals surface area contributed by atoms with Crippen molar-refractivity contribution >= 4 is 23.6 Å². The van der Waals surface area contributed by atoms with E-state index in [0.29, 0.717) is 13.2 Å². The molecule has 0 saturated carbocycles.